The van der Waals surface area contributed by atoms with Gasteiger partial charge in [-0.1, -0.05) is 52.8 Å². The summed E-state index contributed by atoms with van der Waals surface area (Å²) >= 11 is 5.18. The summed E-state index contributed by atoms with van der Waals surface area (Å²) in [4.78, 5) is 11.8. The molecule has 104 valence electrons. The maximum Gasteiger partial charge on any atom is 0.231 e. The molecule has 0 atom stereocenters. The fourth-order valence-electron chi connectivity index (χ4n) is 1.56. The molecule has 0 aliphatic rings. The molecule has 0 heterocycles. The molecular formula is C15H22N2OS. The van der Waals surface area contributed by atoms with E-state index in [2.05, 4.69) is 30.5 Å². The van der Waals surface area contributed by atoms with Crippen molar-refractivity contribution in [2.24, 2.45) is 5.41 Å². The summed E-state index contributed by atoms with van der Waals surface area (Å²) in [5, 5.41) is 6.15. The van der Waals surface area contributed by atoms with Crippen LogP contribution in [0.15, 0.2) is 24.3 Å². The number of thiocarbonyl (C=S) groups is 1. The third-order valence-corrected chi connectivity index (χ3v) is 2.94. The van der Waals surface area contributed by atoms with Crippen molar-refractivity contribution in [1.29, 1.82) is 0 Å². The standard InChI is InChI=1S/C15H22N2OS/c1-10(2)11-8-6-7-9-12(11)16-14(19)17-13(18)15(3,4)5/h6-10H,1-5H3,(H2,16,17,18,19). The summed E-state index contributed by atoms with van der Waals surface area (Å²) in [6, 6.07) is 7.96. The smallest absolute Gasteiger partial charge is 0.231 e. The summed E-state index contributed by atoms with van der Waals surface area (Å²) in [7, 11) is 0. The Morgan fingerprint density at radius 3 is 2.32 bits per heavy atom. The molecule has 0 aromatic heterocycles. The Kier molecular flexibility index (Phi) is 5.06. The van der Waals surface area contributed by atoms with Crippen molar-refractivity contribution in [3.63, 3.8) is 0 Å². The van der Waals surface area contributed by atoms with Crippen molar-refractivity contribution >= 4 is 28.9 Å². The van der Waals surface area contributed by atoms with Crippen LogP contribution in [-0.4, -0.2) is 11.0 Å². The Hall–Kier alpha value is -1.42. The molecule has 0 bridgehead atoms. The first-order chi connectivity index (χ1) is 8.71. The van der Waals surface area contributed by atoms with Gasteiger partial charge in [-0.25, -0.2) is 0 Å². The molecule has 0 fully saturated rings. The van der Waals surface area contributed by atoms with Crippen LogP contribution in [0, 0.1) is 5.41 Å². The normalized spacial score (nSPS) is 11.3. The first kappa shape index (κ1) is 15.6. The molecule has 0 radical (unpaired) electrons. The highest BCUT2D eigenvalue weighted by atomic mass is 32.1. The molecule has 0 spiro atoms. The second kappa shape index (κ2) is 6.15. The van der Waals surface area contributed by atoms with Gasteiger partial charge in [0.1, 0.15) is 0 Å². The highest BCUT2D eigenvalue weighted by molar-refractivity contribution is 7.80. The lowest BCUT2D eigenvalue weighted by Gasteiger charge is -2.20. The quantitative estimate of drug-likeness (QED) is 0.811. The number of amides is 1. The summed E-state index contributed by atoms with van der Waals surface area (Å²) in [6.07, 6.45) is 0. The van der Waals surface area contributed by atoms with Gasteiger partial charge in [-0.2, -0.15) is 0 Å². The third-order valence-electron chi connectivity index (χ3n) is 2.74. The SMILES string of the molecule is CC(C)c1ccccc1NC(=S)NC(=O)C(C)(C)C. The first-order valence-electron chi connectivity index (χ1n) is 6.43. The van der Waals surface area contributed by atoms with Crippen LogP contribution in [0.2, 0.25) is 0 Å². The van der Waals surface area contributed by atoms with Gasteiger partial charge in [0.05, 0.1) is 0 Å². The molecule has 0 saturated heterocycles. The first-order valence-corrected chi connectivity index (χ1v) is 6.84. The van der Waals surface area contributed by atoms with Crippen molar-refractivity contribution in [3.8, 4) is 0 Å². The molecule has 1 amide bonds. The molecule has 2 N–H and O–H groups in total. The Morgan fingerprint density at radius 2 is 1.79 bits per heavy atom. The number of nitrogens with one attached hydrogen (secondary N) is 2. The van der Waals surface area contributed by atoms with Crippen LogP contribution in [-0.2, 0) is 4.79 Å². The van der Waals surface area contributed by atoms with E-state index in [0.717, 1.165) is 5.69 Å². The monoisotopic (exact) mass is 278 g/mol. The van der Waals surface area contributed by atoms with E-state index in [9.17, 15) is 4.79 Å². The van der Waals surface area contributed by atoms with Gasteiger partial charge in [0.2, 0.25) is 5.91 Å². The van der Waals surface area contributed by atoms with Crippen LogP contribution < -0.4 is 10.6 Å². The highest BCUT2D eigenvalue weighted by Crippen LogP contribution is 2.23. The minimum absolute atomic E-state index is 0.0907. The zero-order chi connectivity index (χ0) is 14.6. The van der Waals surface area contributed by atoms with E-state index >= 15 is 0 Å². The largest absolute Gasteiger partial charge is 0.332 e. The van der Waals surface area contributed by atoms with Gasteiger partial charge in [0, 0.05) is 11.1 Å². The van der Waals surface area contributed by atoms with E-state index in [1.807, 2.05) is 39.0 Å². The lowest BCUT2D eigenvalue weighted by Crippen LogP contribution is -2.41. The van der Waals surface area contributed by atoms with Crippen LogP contribution in [0.3, 0.4) is 0 Å². The van der Waals surface area contributed by atoms with Gasteiger partial charge in [-0.15, -0.1) is 0 Å². The van der Waals surface area contributed by atoms with Crippen LogP contribution in [0.1, 0.15) is 46.1 Å². The predicted octanol–water partition coefficient (Wildman–Crippen LogP) is 3.67. The van der Waals surface area contributed by atoms with Crippen LogP contribution in [0.5, 0.6) is 0 Å². The Bertz CT molecular complexity index is 475. The lowest BCUT2D eigenvalue weighted by molar-refractivity contribution is -0.126. The molecule has 0 unspecified atom stereocenters. The fraction of sp³-hybridized carbons (Fsp3) is 0.467. The van der Waals surface area contributed by atoms with E-state index in [1.165, 1.54) is 5.56 Å². The molecule has 4 heteroatoms. The molecule has 0 aliphatic carbocycles. The molecule has 0 saturated carbocycles. The predicted molar refractivity (Wildman–Crippen MR) is 84.3 cm³/mol. The van der Waals surface area contributed by atoms with Crippen molar-refractivity contribution in [3.05, 3.63) is 29.8 Å². The fourth-order valence-corrected chi connectivity index (χ4v) is 1.76. The number of hydrogen-bond acceptors (Lipinski definition) is 2. The van der Waals surface area contributed by atoms with E-state index in [4.69, 9.17) is 12.2 Å². The Balaban J connectivity index is 2.76. The summed E-state index contributed by atoms with van der Waals surface area (Å²) in [6.45, 7) is 9.81. The van der Waals surface area contributed by atoms with E-state index in [0.29, 0.717) is 11.0 Å². The average molecular weight is 278 g/mol. The summed E-state index contributed by atoms with van der Waals surface area (Å²) in [5.74, 6) is 0.303. The second-order valence-electron chi connectivity index (χ2n) is 5.90. The molecular weight excluding hydrogens is 256 g/mol. The maximum atomic E-state index is 11.8. The van der Waals surface area contributed by atoms with E-state index < -0.39 is 5.41 Å². The summed E-state index contributed by atoms with van der Waals surface area (Å²) in [5.41, 5.74) is 1.66. The minimum Gasteiger partial charge on any atom is -0.332 e. The van der Waals surface area contributed by atoms with Crippen LogP contribution >= 0.6 is 12.2 Å². The van der Waals surface area contributed by atoms with Gasteiger partial charge >= 0.3 is 0 Å². The van der Waals surface area contributed by atoms with Gasteiger partial charge in [-0.3, -0.25) is 4.79 Å². The Labute approximate surface area is 120 Å². The number of hydrogen-bond donors (Lipinski definition) is 2. The van der Waals surface area contributed by atoms with Gasteiger partial charge in [0.25, 0.3) is 0 Å². The number of para-hydroxylation sites is 1. The van der Waals surface area contributed by atoms with Gasteiger partial charge < -0.3 is 10.6 Å². The van der Waals surface area contributed by atoms with Gasteiger partial charge in [0.15, 0.2) is 5.11 Å². The number of carbonyl (C=O) groups is 1. The molecule has 0 aliphatic heterocycles. The zero-order valence-electron chi connectivity index (χ0n) is 12.2. The number of anilines is 1. The van der Waals surface area contributed by atoms with Crippen molar-refractivity contribution in [2.75, 3.05) is 5.32 Å². The molecule has 1 rings (SSSR count). The molecule has 19 heavy (non-hydrogen) atoms. The highest BCUT2D eigenvalue weighted by Gasteiger charge is 2.22. The van der Waals surface area contributed by atoms with Crippen molar-refractivity contribution in [2.45, 2.75) is 40.5 Å². The second-order valence-corrected chi connectivity index (χ2v) is 6.31. The third kappa shape index (κ3) is 4.63. The van der Waals surface area contributed by atoms with Crippen LogP contribution in [0.4, 0.5) is 5.69 Å². The minimum atomic E-state index is -0.455. The zero-order valence-corrected chi connectivity index (χ0v) is 13.0. The lowest BCUT2D eigenvalue weighted by atomic mass is 9.96. The molecule has 3 nitrogen and oxygen atoms in total. The maximum absolute atomic E-state index is 11.8. The number of carbonyl (C=O) groups excluding carboxylic acids is 1. The average Bonchev–Trinajstić information content (AvgIpc) is 2.27. The molecule has 1 aromatic rings. The number of rotatable bonds is 2. The van der Waals surface area contributed by atoms with Crippen LogP contribution in [0.25, 0.3) is 0 Å². The van der Waals surface area contributed by atoms with Crippen molar-refractivity contribution < 1.29 is 4.79 Å². The summed E-state index contributed by atoms with van der Waals surface area (Å²) < 4.78 is 0. The van der Waals surface area contributed by atoms with E-state index in [-0.39, 0.29) is 5.91 Å². The molecule has 1 aromatic carbocycles. The van der Waals surface area contributed by atoms with Gasteiger partial charge in [-0.05, 0) is 29.8 Å². The van der Waals surface area contributed by atoms with E-state index in [1.54, 1.807) is 0 Å². The Morgan fingerprint density at radius 1 is 1.21 bits per heavy atom. The number of benzene rings is 1. The topological polar surface area (TPSA) is 41.1 Å². The van der Waals surface area contributed by atoms with Crippen molar-refractivity contribution in [1.82, 2.24) is 5.32 Å².